The highest BCUT2D eigenvalue weighted by atomic mass is 16.5. The molecule has 4 nitrogen and oxygen atoms in total. The van der Waals surface area contributed by atoms with Crippen LogP contribution >= 0.6 is 0 Å². The van der Waals surface area contributed by atoms with E-state index in [4.69, 9.17) is 14.1 Å². The van der Waals surface area contributed by atoms with Gasteiger partial charge in [0.05, 0.1) is 12.5 Å². The first kappa shape index (κ1) is 13.8. The number of furan rings is 1. The summed E-state index contributed by atoms with van der Waals surface area (Å²) >= 11 is 0. The van der Waals surface area contributed by atoms with E-state index in [-0.39, 0.29) is 0 Å². The molecule has 0 spiro atoms. The van der Waals surface area contributed by atoms with E-state index >= 15 is 0 Å². The minimum absolute atomic E-state index is 0.741. The van der Waals surface area contributed by atoms with Crippen LogP contribution in [-0.4, -0.2) is 24.2 Å². The average Bonchev–Trinajstić information content (AvgIpc) is 3.35. The van der Waals surface area contributed by atoms with E-state index in [1.807, 2.05) is 36.5 Å². The second kappa shape index (κ2) is 5.21. The molecule has 0 amide bonds. The number of rotatable bonds is 2. The van der Waals surface area contributed by atoms with Crippen LogP contribution in [0.1, 0.15) is 18.6 Å². The molecule has 1 atom stereocenters. The Balaban J connectivity index is 1.68. The number of hydrogen-bond acceptors (Lipinski definition) is 4. The summed E-state index contributed by atoms with van der Waals surface area (Å²) in [5.41, 5.74) is 0.157. The second-order valence-corrected chi connectivity index (χ2v) is 6.36. The maximum absolute atomic E-state index is 6.54. The van der Waals surface area contributed by atoms with Gasteiger partial charge in [0.2, 0.25) is 0 Å². The summed E-state index contributed by atoms with van der Waals surface area (Å²) in [4.78, 5) is 7.14. The Kier molecular flexibility index (Phi) is 3.00. The van der Waals surface area contributed by atoms with Gasteiger partial charge in [-0.1, -0.05) is 30.3 Å². The Bertz CT molecular complexity index is 911. The summed E-state index contributed by atoms with van der Waals surface area (Å²) in [6.07, 6.45) is 5.95. The highest BCUT2D eigenvalue weighted by Gasteiger charge is 2.45. The van der Waals surface area contributed by atoms with Crippen LogP contribution in [0, 0.1) is 0 Å². The van der Waals surface area contributed by atoms with Gasteiger partial charge in [0, 0.05) is 18.5 Å². The fourth-order valence-electron chi connectivity index (χ4n) is 3.74. The molecule has 4 heteroatoms. The lowest BCUT2D eigenvalue weighted by Crippen LogP contribution is -2.51. The molecule has 3 heterocycles. The first-order chi connectivity index (χ1) is 11.9. The molecule has 0 bridgehead atoms. The molecule has 1 aromatic heterocycles. The van der Waals surface area contributed by atoms with Crippen molar-refractivity contribution in [2.45, 2.75) is 18.6 Å². The lowest BCUT2D eigenvalue weighted by Gasteiger charge is -2.39. The van der Waals surface area contributed by atoms with Crippen molar-refractivity contribution in [1.82, 2.24) is 4.90 Å². The smallest absolute Gasteiger partial charge is 0.258 e. The molecule has 3 aromatic rings. The van der Waals surface area contributed by atoms with E-state index < -0.39 is 5.72 Å². The highest BCUT2D eigenvalue weighted by molar-refractivity contribution is 5.98. The summed E-state index contributed by atoms with van der Waals surface area (Å²) in [5.74, 6) is 1.59. The SMILES string of the molecule is C1=Nc2c(ccc3ccccc23)OC1(c1ccco1)N1CCCC1. The van der Waals surface area contributed by atoms with Crippen molar-refractivity contribution >= 4 is 22.7 Å². The van der Waals surface area contributed by atoms with E-state index in [2.05, 4.69) is 23.1 Å². The molecule has 1 unspecified atom stereocenters. The summed E-state index contributed by atoms with van der Waals surface area (Å²) in [6, 6.07) is 16.2. The van der Waals surface area contributed by atoms with Gasteiger partial charge in [-0.15, -0.1) is 0 Å². The third-order valence-corrected chi connectivity index (χ3v) is 4.95. The monoisotopic (exact) mass is 318 g/mol. The van der Waals surface area contributed by atoms with Crippen LogP contribution in [0.4, 0.5) is 5.69 Å². The molecule has 5 rings (SSSR count). The predicted molar refractivity (Wildman–Crippen MR) is 93.9 cm³/mol. The molecule has 24 heavy (non-hydrogen) atoms. The second-order valence-electron chi connectivity index (χ2n) is 6.36. The van der Waals surface area contributed by atoms with Crippen LogP contribution in [0.15, 0.2) is 64.2 Å². The minimum Gasteiger partial charge on any atom is -0.463 e. The Hall–Kier alpha value is -2.59. The molecule has 120 valence electrons. The molecular weight excluding hydrogens is 300 g/mol. The summed E-state index contributed by atoms with van der Waals surface area (Å²) in [7, 11) is 0. The fourth-order valence-corrected chi connectivity index (χ4v) is 3.74. The maximum atomic E-state index is 6.54. The van der Waals surface area contributed by atoms with Gasteiger partial charge in [-0.2, -0.15) is 0 Å². The Morgan fingerprint density at radius 2 is 1.83 bits per heavy atom. The largest absolute Gasteiger partial charge is 0.463 e. The van der Waals surface area contributed by atoms with Crippen molar-refractivity contribution in [2.75, 3.05) is 13.1 Å². The Labute approximate surface area is 140 Å². The fraction of sp³-hybridized carbons (Fsp3) is 0.250. The van der Waals surface area contributed by atoms with Crippen molar-refractivity contribution in [3.05, 3.63) is 60.6 Å². The van der Waals surface area contributed by atoms with Gasteiger partial charge >= 0.3 is 0 Å². The first-order valence-electron chi connectivity index (χ1n) is 8.42. The highest BCUT2D eigenvalue weighted by Crippen LogP contribution is 2.44. The number of aliphatic imine (C=N–C) groups is 1. The Morgan fingerprint density at radius 1 is 0.958 bits per heavy atom. The molecule has 0 radical (unpaired) electrons. The van der Waals surface area contributed by atoms with Crippen LogP contribution in [0.25, 0.3) is 10.8 Å². The van der Waals surface area contributed by atoms with Crippen molar-refractivity contribution in [1.29, 1.82) is 0 Å². The van der Waals surface area contributed by atoms with Crippen LogP contribution in [0.2, 0.25) is 0 Å². The van der Waals surface area contributed by atoms with Gasteiger partial charge in [-0.25, -0.2) is 0 Å². The van der Waals surface area contributed by atoms with E-state index in [1.54, 1.807) is 6.26 Å². The van der Waals surface area contributed by atoms with E-state index in [0.29, 0.717) is 0 Å². The molecule has 0 N–H and O–H groups in total. The number of nitrogens with zero attached hydrogens (tertiary/aromatic N) is 2. The van der Waals surface area contributed by atoms with Crippen LogP contribution in [-0.2, 0) is 5.72 Å². The summed E-state index contributed by atoms with van der Waals surface area (Å²) in [6.45, 7) is 1.96. The van der Waals surface area contributed by atoms with Crippen LogP contribution in [0.5, 0.6) is 5.75 Å². The van der Waals surface area contributed by atoms with Crippen LogP contribution in [0.3, 0.4) is 0 Å². The lowest BCUT2D eigenvalue weighted by molar-refractivity contribution is -0.0316. The summed E-state index contributed by atoms with van der Waals surface area (Å²) < 4.78 is 12.3. The molecule has 2 aliphatic heterocycles. The third-order valence-electron chi connectivity index (χ3n) is 4.95. The lowest BCUT2D eigenvalue weighted by atomic mass is 10.0. The predicted octanol–water partition coefficient (Wildman–Crippen LogP) is 4.48. The maximum Gasteiger partial charge on any atom is 0.258 e. The van der Waals surface area contributed by atoms with Crippen molar-refractivity contribution in [3.8, 4) is 5.75 Å². The molecule has 2 aromatic carbocycles. The first-order valence-corrected chi connectivity index (χ1v) is 8.42. The van der Waals surface area contributed by atoms with E-state index in [9.17, 15) is 0 Å². The van der Waals surface area contributed by atoms with Gasteiger partial charge in [0.15, 0.2) is 5.76 Å². The molecule has 0 saturated carbocycles. The molecule has 0 aliphatic carbocycles. The summed E-state index contributed by atoms with van der Waals surface area (Å²) in [5, 5.41) is 2.28. The topological polar surface area (TPSA) is 38.0 Å². The molecular formula is C20H18N2O2. The molecule has 2 aliphatic rings. The zero-order valence-electron chi connectivity index (χ0n) is 13.3. The standard InChI is InChI=1S/C20H18N2O2/c1-2-7-16-15(6-1)9-10-17-19(16)21-14-20(24-17,18-8-5-13-23-18)22-11-3-4-12-22/h1-2,5-10,13-14H,3-4,11-12H2. The third kappa shape index (κ3) is 1.93. The van der Waals surface area contributed by atoms with Gasteiger partial charge < -0.3 is 9.15 Å². The van der Waals surface area contributed by atoms with Crippen molar-refractivity contribution in [3.63, 3.8) is 0 Å². The zero-order chi connectivity index (χ0) is 16.0. The van der Waals surface area contributed by atoms with Gasteiger partial charge in [-0.05, 0) is 36.4 Å². The number of benzene rings is 2. The van der Waals surface area contributed by atoms with Crippen molar-refractivity contribution in [2.24, 2.45) is 4.99 Å². The Morgan fingerprint density at radius 3 is 2.67 bits per heavy atom. The number of ether oxygens (including phenoxy) is 1. The number of likely N-dealkylation sites (tertiary alicyclic amines) is 1. The minimum atomic E-state index is -0.741. The number of fused-ring (bicyclic) bond motifs is 3. The zero-order valence-corrected chi connectivity index (χ0v) is 13.3. The van der Waals surface area contributed by atoms with E-state index in [1.165, 1.54) is 18.2 Å². The molecule has 1 saturated heterocycles. The van der Waals surface area contributed by atoms with E-state index in [0.717, 1.165) is 35.7 Å². The normalized spacial score (nSPS) is 23.3. The number of hydrogen-bond donors (Lipinski definition) is 0. The quantitative estimate of drug-likeness (QED) is 0.699. The molecule has 1 fully saturated rings. The van der Waals surface area contributed by atoms with Gasteiger partial charge in [0.1, 0.15) is 11.4 Å². The van der Waals surface area contributed by atoms with Gasteiger partial charge in [-0.3, -0.25) is 9.89 Å². The van der Waals surface area contributed by atoms with Crippen LogP contribution < -0.4 is 4.74 Å². The van der Waals surface area contributed by atoms with Gasteiger partial charge in [0.25, 0.3) is 5.72 Å². The average molecular weight is 318 g/mol. The van der Waals surface area contributed by atoms with Crippen molar-refractivity contribution < 1.29 is 9.15 Å².